The molecule has 0 spiro atoms. The molecule has 1 saturated heterocycles. The van der Waals surface area contributed by atoms with Crippen LogP contribution >= 0.6 is 0 Å². The van der Waals surface area contributed by atoms with E-state index < -0.39 is 0 Å². The van der Waals surface area contributed by atoms with Crippen molar-refractivity contribution in [1.82, 2.24) is 10.2 Å². The molecule has 1 aliphatic rings. The fourth-order valence-electron chi connectivity index (χ4n) is 0.874. The SMILES string of the molecule is CC(=N)N1CC(=O)NC(=O)C1. The van der Waals surface area contributed by atoms with Gasteiger partial charge in [0.1, 0.15) is 0 Å². The maximum Gasteiger partial charge on any atom is 0.246 e. The largest absolute Gasteiger partial charge is 0.342 e. The summed E-state index contributed by atoms with van der Waals surface area (Å²) in [6, 6.07) is 0. The second-order valence-electron chi connectivity index (χ2n) is 2.41. The standard InChI is InChI=1S/C6H9N3O2/c1-4(7)9-2-5(10)8-6(11)3-9/h7H,2-3H2,1H3,(H,8,10,11). The number of piperazine rings is 1. The van der Waals surface area contributed by atoms with Crippen LogP contribution in [0.4, 0.5) is 0 Å². The molecule has 0 aromatic rings. The molecule has 1 rings (SSSR count). The molecule has 0 saturated carbocycles. The number of carbonyl (C=O) groups is 2. The predicted octanol–water partition coefficient (Wildman–Crippen LogP) is -1.06. The first-order chi connectivity index (χ1) is 5.09. The van der Waals surface area contributed by atoms with Gasteiger partial charge in [0.05, 0.1) is 18.9 Å². The minimum atomic E-state index is -0.340. The van der Waals surface area contributed by atoms with Gasteiger partial charge >= 0.3 is 0 Å². The number of hydrogen-bond donors (Lipinski definition) is 2. The Kier molecular flexibility index (Phi) is 1.89. The second-order valence-corrected chi connectivity index (χ2v) is 2.41. The lowest BCUT2D eigenvalue weighted by Crippen LogP contribution is -2.52. The molecule has 5 nitrogen and oxygen atoms in total. The molecule has 1 fully saturated rings. The fraction of sp³-hybridized carbons (Fsp3) is 0.500. The topological polar surface area (TPSA) is 73.3 Å². The van der Waals surface area contributed by atoms with Crippen molar-refractivity contribution in [1.29, 1.82) is 5.41 Å². The van der Waals surface area contributed by atoms with Crippen LogP contribution in [0.25, 0.3) is 0 Å². The average Bonchev–Trinajstić information content (AvgIpc) is 1.85. The van der Waals surface area contributed by atoms with Crippen molar-refractivity contribution in [2.24, 2.45) is 0 Å². The van der Waals surface area contributed by atoms with Gasteiger partial charge in [0, 0.05) is 0 Å². The number of hydrogen-bond acceptors (Lipinski definition) is 3. The molecule has 0 aromatic heterocycles. The number of amidine groups is 1. The Hall–Kier alpha value is -1.39. The highest BCUT2D eigenvalue weighted by Gasteiger charge is 2.21. The lowest BCUT2D eigenvalue weighted by atomic mass is 10.3. The van der Waals surface area contributed by atoms with Crippen LogP contribution in [0.1, 0.15) is 6.92 Å². The second kappa shape index (κ2) is 2.69. The molecule has 0 radical (unpaired) electrons. The van der Waals surface area contributed by atoms with Gasteiger partial charge < -0.3 is 4.90 Å². The fourth-order valence-corrected chi connectivity index (χ4v) is 0.874. The molecular formula is C6H9N3O2. The maximum absolute atomic E-state index is 10.7. The molecule has 0 aliphatic carbocycles. The summed E-state index contributed by atoms with van der Waals surface area (Å²) in [5.74, 6) is -0.436. The number of rotatable bonds is 0. The zero-order valence-corrected chi connectivity index (χ0v) is 6.18. The van der Waals surface area contributed by atoms with Crippen molar-refractivity contribution in [3.8, 4) is 0 Å². The molecule has 0 aromatic carbocycles. The van der Waals surface area contributed by atoms with Crippen molar-refractivity contribution >= 4 is 17.6 Å². The van der Waals surface area contributed by atoms with Crippen LogP contribution in [0, 0.1) is 5.41 Å². The van der Waals surface area contributed by atoms with Gasteiger partial charge in [-0.3, -0.25) is 20.3 Å². The summed E-state index contributed by atoms with van der Waals surface area (Å²) in [5.41, 5.74) is 0. The Morgan fingerprint density at radius 1 is 1.45 bits per heavy atom. The zero-order valence-electron chi connectivity index (χ0n) is 6.18. The van der Waals surface area contributed by atoms with E-state index in [1.165, 1.54) is 4.90 Å². The van der Waals surface area contributed by atoms with Gasteiger partial charge in [-0.25, -0.2) is 0 Å². The van der Waals surface area contributed by atoms with E-state index in [0.717, 1.165) is 0 Å². The summed E-state index contributed by atoms with van der Waals surface area (Å²) in [6.07, 6.45) is 0. The van der Waals surface area contributed by atoms with Gasteiger partial charge in [-0.05, 0) is 6.92 Å². The summed E-state index contributed by atoms with van der Waals surface area (Å²) >= 11 is 0. The molecule has 1 aliphatic heterocycles. The smallest absolute Gasteiger partial charge is 0.246 e. The highest BCUT2D eigenvalue weighted by molar-refractivity contribution is 6.02. The van der Waals surface area contributed by atoms with Gasteiger partial charge in [0.2, 0.25) is 11.8 Å². The molecule has 60 valence electrons. The molecule has 2 amide bonds. The molecule has 2 N–H and O–H groups in total. The molecule has 0 atom stereocenters. The third-order valence-electron chi connectivity index (χ3n) is 1.42. The molecule has 1 heterocycles. The maximum atomic E-state index is 10.7. The number of nitrogens with one attached hydrogen (secondary N) is 2. The predicted molar refractivity (Wildman–Crippen MR) is 38.1 cm³/mol. The Labute approximate surface area is 63.9 Å². The summed E-state index contributed by atoms with van der Waals surface area (Å²) < 4.78 is 0. The van der Waals surface area contributed by atoms with E-state index in [4.69, 9.17) is 5.41 Å². The molecule has 0 unspecified atom stereocenters. The lowest BCUT2D eigenvalue weighted by molar-refractivity contribution is -0.134. The molecular weight excluding hydrogens is 146 g/mol. The number of nitrogens with zero attached hydrogens (tertiary/aromatic N) is 1. The minimum absolute atomic E-state index is 0.112. The van der Waals surface area contributed by atoms with Gasteiger partial charge in [-0.15, -0.1) is 0 Å². The van der Waals surface area contributed by atoms with Crippen molar-refractivity contribution in [2.75, 3.05) is 13.1 Å². The normalized spacial score (nSPS) is 18.1. The van der Waals surface area contributed by atoms with E-state index in [1.54, 1.807) is 6.92 Å². The van der Waals surface area contributed by atoms with Crippen LogP contribution in [-0.4, -0.2) is 35.6 Å². The first-order valence-corrected chi connectivity index (χ1v) is 3.22. The monoisotopic (exact) mass is 155 g/mol. The summed E-state index contributed by atoms with van der Waals surface area (Å²) in [4.78, 5) is 22.9. The number of carbonyl (C=O) groups excluding carboxylic acids is 2. The van der Waals surface area contributed by atoms with Crippen molar-refractivity contribution in [3.63, 3.8) is 0 Å². The van der Waals surface area contributed by atoms with Gasteiger partial charge in [-0.2, -0.15) is 0 Å². The van der Waals surface area contributed by atoms with E-state index in [1.807, 2.05) is 0 Å². The average molecular weight is 155 g/mol. The van der Waals surface area contributed by atoms with Crippen molar-refractivity contribution in [3.05, 3.63) is 0 Å². The van der Waals surface area contributed by atoms with Gasteiger partial charge in [0.25, 0.3) is 0 Å². The molecule has 11 heavy (non-hydrogen) atoms. The van der Waals surface area contributed by atoms with Gasteiger partial charge in [0.15, 0.2) is 0 Å². The highest BCUT2D eigenvalue weighted by atomic mass is 16.2. The summed E-state index contributed by atoms with van der Waals surface area (Å²) in [6.45, 7) is 1.77. The van der Waals surface area contributed by atoms with E-state index in [9.17, 15) is 9.59 Å². The van der Waals surface area contributed by atoms with E-state index in [0.29, 0.717) is 0 Å². The highest BCUT2D eigenvalue weighted by Crippen LogP contribution is 1.94. The molecule has 5 heteroatoms. The van der Waals surface area contributed by atoms with Gasteiger partial charge in [-0.1, -0.05) is 0 Å². The van der Waals surface area contributed by atoms with Crippen LogP contribution in [0.15, 0.2) is 0 Å². The van der Waals surface area contributed by atoms with E-state index >= 15 is 0 Å². The first kappa shape index (κ1) is 7.71. The van der Waals surface area contributed by atoms with E-state index in [2.05, 4.69) is 5.32 Å². The first-order valence-electron chi connectivity index (χ1n) is 3.22. The van der Waals surface area contributed by atoms with E-state index in [-0.39, 0.29) is 30.7 Å². The number of imide groups is 1. The third-order valence-corrected chi connectivity index (χ3v) is 1.42. The van der Waals surface area contributed by atoms with Crippen LogP contribution in [0.3, 0.4) is 0 Å². The summed E-state index contributed by atoms with van der Waals surface area (Å²) in [5, 5.41) is 9.31. The Bertz CT molecular complexity index is 208. The lowest BCUT2D eigenvalue weighted by Gasteiger charge is -2.25. The molecule has 0 bridgehead atoms. The quantitative estimate of drug-likeness (QED) is 0.266. The van der Waals surface area contributed by atoms with Crippen molar-refractivity contribution < 1.29 is 9.59 Å². The number of amides is 2. The van der Waals surface area contributed by atoms with Crippen molar-refractivity contribution in [2.45, 2.75) is 6.92 Å². The summed E-state index contributed by atoms with van der Waals surface area (Å²) in [7, 11) is 0. The Morgan fingerprint density at radius 2 is 1.91 bits per heavy atom. The van der Waals surface area contributed by atoms with Crippen LogP contribution in [-0.2, 0) is 9.59 Å². The Balaban J connectivity index is 2.63. The van der Waals surface area contributed by atoms with Crippen LogP contribution in [0.2, 0.25) is 0 Å². The Morgan fingerprint density at radius 3 is 2.27 bits per heavy atom. The zero-order chi connectivity index (χ0) is 8.43. The van der Waals surface area contributed by atoms with Crippen LogP contribution in [0.5, 0.6) is 0 Å². The minimum Gasteiger partial charge on any atom is -0.342 e. The van der Waals surface area contributed by atoms with Crippen LogP contribution < -0.4 is 5.32 Å². The third kappa shape index (κ3) is 1.76.